The summed E-state index contributed by atoms with van der Waals surface area (Å²) in [5, 5.41) is 14.7. The third-order valence-corrected chi connectivity index (χ3v) is 6.69. The summed E-state index contributed by atoms with van der Waals surface area (Å²) >= 11 is 0. The number of hydrogen-bond donors (Lipinski definition) is 3. The SMILES string of the molecule is CC(C)c1ccc(NC(=O)N2CCC[C@@H]2C(=O)Nc2ccc(-c3ccc(C(=O)O)c(C(F)(F)F)c3)cc2)cc1. The van der Waals surface area contributed by atoms with Crippen LogP contribution < -0.4 is 10.6 Å². The normalized spacial score (nSPS) is 15.3. The van der Waals surface area contributed by atoms with Gasteiger partial charge in [-0.25, -0.2) is 9.59 Å². The topological polar surface area (TPSA) is 98.7 Å². The summed E-state index contributed by atoms with van der Waals surface area (Å²) in [4.78, 5) is 38.6. The molecule has 10 heteroatoms. The Kier molecular flexibility index (Phi) is 7.94. The second-order valence-corrected chi connectivity index (χ2v) is 9.69. The summed E-state index contributed by atoms with van der Waals surface area (Å²) in [6.07, 6.45) is -3.65. The molecule has 0 bridgehead atoms. The minimum atomic E-state index is -4.82. The van der Waals surface area contributed by atoms with E-state index in [1.54, 1.807) is 12.1 Å². The highest BCUT2D eigenvalue weighted by atomic mass is 19.4. The molecule has 0 aliphatic carbocycles. The van der Waals surface area contributed by atoms with Crippen molar-refractivity contribution in [2.75, 3.05) is 17.2 Å². The zero-order valence-electron chi connectivity index (χ0n) is 21.4. The lowest BCUT2D eigenvalue weighted by molar-refractivity contribution is -0.138. The summed E-state index contributed by atoms with van der Waals surface area (Å²) in [5.41, 5.74) is 0.740. The quantitative estimate of drug-likeness (QED) is 0.320. The van der Waals surface area contributed by atoms with Crippen molar-refractivity contribution in [1.82, 2.24) is 4.90 Å². The molecule has 0 saturated carbocycles. The fourth-order valence-electron chi connectivity index (χ4n) is 4.55. The predicted molar refractivity (Wildman–Crippen MR) is 142 cm³/mol. The molecule has 3 aromatic carbocycles. The fraction of sp³-hybridized carbons (Fsp3) is 0.276. The van der Waals surface area contributed by atoms with Crippen LogP contribution >= 0.6 is 0 Å². The molecule has 204 valence electrons. The van der Waals surface area contributed by atoms with Crippen molar-refractivity contribution < 1.29 is 32.7 Å². The molecule has 0 radical (unpaired) electrons. The lowest BCUT2D eigenvalue weighted by Gasteiger charge is -2.24. The van der Waals surface area contributed by atoms with Crippen molar-refractivity contribution in [1.29, 1.82) is 0 Å². The molecule has 1 aliphatic heterocycles. The number of carboxylic acid groups (broad SMARTS) is 1. The minimum absolute atomic E-state index is 0.185. The van der Waals surface area contributed by atoms with Crippen LogP contribution in [0, 0.1) is 0 Å². The molecule has 7 nitrogen and oxygen atoms in total. The molecule has 1 atom stereocenters. The van der Waals surface area contributed by atoms with Crippen molar-refractivity contribution >= 4 is 29.3 Å². The number of carboxylic acids is 1. The van der Waals surface area contributed by atoms with E-state index in [0.717, 1.165) is 17.7 Å². The van der Waals surface area contributed by atoms with Gasteiger partial charge in [0.2, 0.25) is 5.91 Å². The third-order valence-electron chi connectivity index (χ3n) is 6.69. The average molecular weight is 540 g/mol. The van der Waals surface area contributed by atoms with E-state index in [1.807, 2.05) is 24.3 Å². The molecule has 0 unspecified atom stereocenters. The molecule has 39 heavy (non-hydrogen) atoms. The molecule has 4 rings (SSSR count). The Bertz CT molecular complexity index is 1370. The summed E-state index contributed by atoms with van der Waals surface area (Å²) in [6.45, 7) is 4.59. The highest BCUT2D eigenvalue weighted by Crippen LogP contribution is 2.35. The van der Waals surface area contributed by atoms with Crippen LogP contribution in [0.4, 0.5) is 29.3 Å². The molecule has 0 spiro atoms. The Balaban J connectivity index is 1.43. The molecular weight excluding hydrogens is 511 g/mol. The van der Waals surface area contributed by atoms with E-state index in [1.165, 1.54) is 23.1 Å². The lowest BCUT2D eigenvalue weighted by Crippen LogP contribution is -2.45. The van der Waals surface area contributed by atoms with Crippen LogP contribution in [-0.2, 0) is 11.0 Å². The predicted octanol–water partition coefficient (Wildman–Crippen LogP) is 6.83. The van der Waals surface area contributed by atoms with E-state index in [9.17, 15) is 27.6 Å². The lowest BCUT2D eigenvalue weighted by atomic mass is 9.98. The first-order valence-corrected chi connectivity index (χ1v) is 12.5. The van der Waals surface area contributed by atoms with Gasteiger partial charge < -0.3 is 20.6 Å². The molecular formula is C29H28F3N3O4. The number of hydrogen-bond acceptors (Lipinski definition) is 3. The number of nitrogens with zero attached hydrogens (tertiary/aromatic N) is 1. The number of anilines is 2. The van der Waals surface area contributed by atoms with Crippen LogP contribution in [0.1, 0.15) is 54.1 Å². The smallest absolute Gasteiger partial charge is 0.417 e. The molecule has 1 heterocycles. The second kappa shape index (κ2) is 11.2. The molecule has 3 amide bonds. The van der Waals surface area contributed by atoms with Crippen molar-refractivity contribution in [2.24, 2.45) is 0 Å². The summed E-state index contributed by atoms with van der Waals surface area (Å²) in [5.74, 6) is -1.66. The Labute approximate surface area is 223 Å². The number of aromatic carboxylic acids is 1. The van der Waals surface area contributed by atoms with Gasteiger partial charge in [0.1, 0.15) is 6.04 Å². The van der Waals surface area contributed by atoms with E-state index in [2.05, 4.69) is 24.5 Å². The summed E-state index contributed by atoms with van der Waals surface area (Å²) in [7, 11) is 0. The van der Waals surface area contributed by atoms with Gasteiger partial charge in [-0.15, -0.1) is 0 Å². The number of likely N-dealkylation sites (tertiary alicyclic amines) is 1. The van der Waals surface area contributed by atoms with Gasteiger partial charge in [0.15, 0.2) is 0 Å². The van der Waals surface area contributed by atoms with Gasteiger partial charge in [-0.1, -0.05) is 44.2 Å². The Morgan fingerprint density at radius 1 is 0.897 bits per heavy atom. The van der Waals surface area contributed by atoms with E-state index in [4.69, 9.17) is 5.11 Å². The van der Waals surface area contributed by atoms with Crippen LogP contribution in [0.25, 0.3) is 11.1 Å². The highest BCUT2D eigenvalue weighted by molar-refractivity contribution is 5.99. The Morgan fingerprint density at radius 3 is 2.08 bits per heavy atom. The second-order valence-electron chi connectivity index (χ2n) is 9.69. The molecule has 3 aromatic rings. The first-order chi connectivity index (χ1) is 18.4. The molecule has 3 N–H and O–H groups in total. The summed E-state index contributed by atoms with van der Waals surface area (Å²) < 4.78 is 40.1. The van der Waals surface area contributed by atoms with Gasteiger partial charge in [-0.2, -0.15) is 13.2 Å². The maximum atomic E-state index is 13.4. The fourth-order valence-corrected chi connectivity index (χ4v) is 4.55. The first-order valence-electron chi connectivity index (χ1n) is 12.5. The van der Waals surface area contributed by atoms with Crippen molar-refractivity contribution in [3.8, 4) is 11.1 Å². The van der Waals surface area contributed by atoms with E-state index < -0.39 is 29.3 Å². The number of halogens is 3. The number of urea groups is 1. The van der Waals surface area contributed by atoms with E-state index in [0.29, 0.717) is 42.2 Å². The van der Waals surface area contributed by atoms with Gasteiger partial charge >= 0.3 is 18.2 Å². The van der Waals surface area contributed by atoms with Crippen LogP contribution in [0.3, 0.4) is 0 Å². The van der Waals surface area contributed by atoms with Gasteiger partial charge in [-0.3, -0.25) is 4.79 Å². The van der Waals surface area contributed by atoms with Gasteiger partial charge in [0.25, 0.3) is 0 Å². The van der Waals surface area contributed by atoms with Gasteiger partial charge in [-0.05, 0) is 71.8 Å². The van der Waals surface area contributed by atoms with Crippen molar-refractivity contribution in [3.05, 3.63) is 83.4 Å². The first kappa shape index (κ1) is 27.7. The maximum absolute atomic E-state index is 13.4. The number of alkyl halides is 3. The highest BCUT2D eigenvalue weighted by Gasteiger charge is 2.36. The van der Waals surface area contributed by atoms with Crippen LogP contribution in [0.5, 0.6) is 0 Å². The number of nitrogens with one attached hydrogen (secondary N) is 2. The standard InChI is InChI=1S/C29H28F3N3O4/c1-17(2)18-5-10-22(11-6-18)34-28(39)35-15-3-4-25(35)26(36)33-21-12-7-19(8-13-21)20-9-14-23(27(37)38)24(16-20)29(30,31)32/h5-14,16-17,25H,3-4,15H2,1-2H3,(H,33,36)(H,34,39)(H,37,38)/t25-/m1/s1. The number of carbonyl (C=O) groups is 3. The largest absolute Gasteiger partial charge is 0.478 e. The number of carbonyl (C=O) groups excluding carboxylic acids is 2. The van der Waals surface area contributed by atoms with E-state index in [-0.39, 0.29) is 17.5 Å². The molecule has 1 aliphatic rings. The van der Waals surface area contributed by atoms with E-state index >= 15 is 0 Å². The van der Waals surface area contributed by atoms with Gasteiger partial charge in [0, 0.05) is 17.9 Å². The molecule has 1 saturated heterocycles. The Morgan fingerprint density at radius 2 is 1.49 bits per heavy atom. The van der Waals surface area contributed by atoms with Crippen molar-refractivity contribution in [2.45, 2.75) is 44.8 Å². The monoisotopic (exact) mass is 539 g/mol. The van der Waals surface area contributed by atoms with Crippen molar-refractivity contribution in [3.63, 3.8) is 0 Å². The van der Waals surface area contributed by atoms with Crippen LogP contribution in [0.2, 0.25) is 0 Å². The van der Waals surface area contributed by atoms with Crippen LogP contribution in [-0.4, -0.2) is 40.5 Å². The molecule has 1 fully saturated rings. The number of amides is 3. The number of benzene rings is 3. The maximum Gasteiger partial charge on any atom is 0.417 e. The third kappa shape index (κ3) is 6.39. The minimum Gasteiger partial charge on any atom is -0.478 e. The average Bonchev–Trinajstić information content (AvgIpc) is 3.39. The van der Waals surface area contributed by atoms with Crippen LogP contribution in [0.15, 0.2) is 66.7 Å². The Hall–Kier alpha value is -4.34. The zero-order valence-corrected chi connectivity index (χ0v) is 21.4. The van der Waals surface area contributed by atoms with Gasteiger partial charge in [0.05, 0.1) is 11.1 Å². The molecule has 0 aromatic heterocycles. The summed E-state index contributed by atoms with van der Waals surface area (Å²) in [6, 6.07) is 15.7. The number of rotatable bonds is 6. The zero-order chi connectivity index (χ0) is 28.3.